The molecule has 4 heteroatoms. The van der Waals surface area contributed by atoms with E-state index < -0.39 is 0 Å². The van der Waals surface area contributed by atoms with Crippen molar-refractivity contribution in [3.63, 3.8) is 0 Å². The van der Waals surface area contributed by atoms with Gasteiger partial charge in [0.2, 0.25) is 0 Å². The number of aromatic nitrogens is 1. The summed E-state index contributed by atoms with van der Waals surface area (Å²) in [6.07, 6.45) is 3.02. The zero-order chi connectivity index (χ0) is 15.1. The van der Waals surface area contributed by atoms with Gasteiger partial charge < -0.3 is 10.1 Å². The van der Waals surface area contributed by atoms with Crippen molar-refractivity contribution < 1.29 is 4.74 Å². The monoisotopic (exact) mass is 304 g/mol. The molecule has 3 nitrogen and oxygen atoms in total. The predicted molar refractivity (Wildman–Crippen MR) is 88.8 cm³/mol. The van der Waals surface area contributed by atoms with Gasteiger partial charge in [-0.05, 0) is 37.0 Å². The summed E-state index contributed by atoms with van der Waals surface area (Å²) < 4.78 is 5.72. The first-order valence-corrected chi connectivity index (χ1v) is 8.29. The molecule has 2 rings (SSSR count). The lowest BCUT2D eigenvalue weighted by Crippen LogP contribution is -2.12. The van der Waals surface area contributed by atoms with Crippen LogP contribution in [-0.2, 0) is 13.1 Å². The summed E-state index contributed by atoms with van der Waals surface area (Å²) in [7, 11) is 0. The molecular weight excluding hydrogens is 280 g/mol. The summed E-state index contributed by atoms with van der Waals surface area (Å²) in [5.74, 6) is 1.64. The maximum atomic E-state index is 5.72. The largest absolute Gasteiger partial charge is 0.494 e. The molecule has 0 spiro atoms. The van der Waals surface area contributed by atoms with E-state index in [1.165, 1.54) is 10.4 Å². The molecule has 21 heavy (non-hydrogen) atoms. The van der Waals surface area contributed by atoms with Gasteiger partial charge in [0.15, 0.2) is 0 Å². The fraction of sp³-hybridized carbons (Fsp3) is 0.471. The van der Waals surface area contributed by atoms with Crippen molar-refractivity contribution in [2.24, 2.45) is 5.92 Å². The maximum Gasteiger partial charge on any atom is 0.119 e. The van der Waals surface area contributed by atoms with E-state index >= 15 is 0 Å². The minimum atomic E-state index is 0.683. The quantitative estimate of drug-likeness (QED) is 0.795. The van der Waals surface area contributed by atoms with Gasteiger partial charge in [0, 0.05) is 24.2 Å². The summed E-state index contributed by atoms with van der Waals surface area (Å²) in [6, 6.07) is 8.32. The van der Waals surface area contributed by atoms with Crippen molar-refractivity contribution in [1.29, 1.82) is 0 Å². The zero-order valence-corrected chi connectivity index (χ0v) is 13.9. The molecule has 1 N–H and O–H groups in total. The predicted octanol–water partition coefficient (Wildman–Crippen LogP) is 4.17. The van der Waals surface area contributed by atoms with Crippen LogP contribution in [0.25, 0.3) is 0 Å². The van der Waals surface area contributed by atoms with E-state index in [0.717, 1.165) is 36.9 Å². The lowest BCUT2D eigenvalue weighted by molar-refractivity contribution is 0.289. The van der Waals surface area contributed by atoms with Crippen LogP contribution in [0, 0.1) is 12.8 Å². The average Bonchev–Trinajstić information content (AvgIpc) is 2.86. The molecule has 0 aliphatic rings. The second-order valence-corrected chi connectivity index (χ2v) is 6.96. The van der Waals surface area contributed by atoms with Gasteiger partial charge in [-0.1, -0.05) is 26.0 Å². The van der Waals surface area contributed by atoms with Gasteiger partial charge in [0.1, 0.15) is 10.8 Å². The highest BCUT2D eigenvalue weighted by molar-refractivity contribution is 7.11. The lowest BCUT2D eigenvalue weighted by Gasteiger charge is -2.09. The van der Waals surface area contributed by atoms with Crippen LogP contribution in [0.15, 0.2) is 30.5 Å². The number of hydrogen-bond acceptors (Lipinski definition) is 4. The van der Waals surface area contributed by atoms with Crippen LogP contribution in [0.5, 0.6) is 5.75 Å². The molecule has 0 fully saturated rings. The summed E-state index contributed by atoms with van der Waals surface area (Å²) in [4.78, 5) is 5.60. The van der Waals surface area contributed by atoms with E-state index in [2.05, 4.69) is 43.2 Å². The summed E-state index contributed by atoms with van der Waals surface area (Å²) >= 11 is 1.74. The molecule has 114 valence electrons. The molecule has 0 unspecified atom stereocenters. The van der Waals surface area contributed by atoms with Crippen LogP contribution in [0.1, 0.15) is 35.7 Å². The Kier molecular flexibility index (Phi) is 6.21. The molecule has 0 radical (unpaired) electrons. The number of nitrogens with zero attached hydrogens (tertiary/aromatic N) is 1. The molecule has 0 aliphatic heterocycles. The summed E-state index contributed by atoms with van der Waals surface area (Å²) in [5, 5.41) is 4.56. The van der Waals surface area contributed by atoms with Crippen LogP contribution in [-0.4, -0.2) is 11.6 Å². The topological polar surface area (TPSA) is 34.2 Å². The number of thiazole rings is 1. The number of ether oxygens (including phenoxy) is 1. The van der Waals surface area contributed by atoms with Crippen molar-refractivity contribution in [1.82, 2.24) is 10.3 Å². The third-order valence-electron chi connectivity index (χ3n) is 3.16. The molecule has 0 amide bonds. The van der Waals surface area contributed by atoms with Crippen LogP contribution in [0.4, 0.5) is 0 Å². The number of benzene rings is 1. The van der Waals surface area contributed by atoms with Gasteiger partial charge in [0.05, 0.1) is 6.61 Å². The van der Waals surface area contributed by atoms with Gasteiger partial charge in [-0.25, -0.2) is 4.98 Å². The Balaban J connectivity index is 1.72. The molecule has 0 saturated carbocycles. The Hall–Kier alpha value is -1.39. The maximum absolute atomic E-state index is 5.72. The van der Waals surface area contributed by atoms with Gasteiger partial charge in [-0.2, -0.15) is 0 Å². The second-order valence-electron chi connectivity index (χ2n) is 5.64. The molecule has 1 heterocycles. The Morgan fingerprint density at radius 3 is 2.57 bits per heavy atom. The van der Waals surface area contributed by atoms with Gasteiger partial charge in [0.25, 0.3) is 0 Å². The molecule has 0 aliphatic carbocycles. The van der Waals surface area contributed by atoms with Crippen molar-refractivity contribution in [3.8, 4) is 5.75 Å². The first-order chi connectivity index (χ1) is 10.1. The average molecular weight is 304 g/mol. The zero-order valence-electron chi connectivity index (χ0n) is 13.1. The minimum Gasteiger partial charge on any atom is -0.494 e. The Labute approximate surface area is 131 Å². The van der Waals surface area contributed by atoms with Crippen molar-refractivity contribution >= 4 is 11.3 Å². The molecule has 0 bridgehead atoms. The van der Waals surface area contributed by atoms with Crippen LogP contribution in [0.2, 0.25) is 0 Å². The molecule has 0 saturated heterocycles. The van der Waals surface area contributed by atoms with E-state index in [0.29, 0.717) is 5.92 Å². The van der Waals surface area contributed by atoms with Crippen molar-refractivity contribution in [2.45, 2.75) is 40.3 Å². The van der Waals surface area contributed by atoms with Crippen LogP contribution >= 0.6 is 11.3 Å². The summed E-state index contributed by atoms with van der Waals surface area (Å²) in [5.41, 5.74) is 1.26. The Bertz CT molecular complexity index is 534. The standard InChI is InChI=1S/C17H24N2OS/c1-13(2)8-9-20-16-6-4-15(5-7-16)11-18-12-17-19-10-14(3)21-17/h4-7,10,13,18H,8-9,11-12H2,1-3H3. The fourth-order valence-corrected chi connectivity index (χ4v) is 2.67. The summed E-state index contributed by atoms with van der Waals surface area (Å²) in [6.45, 7) is 8.97. The molecular formula is C17H24N2OS. The van der Waals surface area contributed by atoms with Gasteiger partial charge >= 0.3 is 0 Å². The van der Waals surface area contributed by atoms with E-state index in [1.54, 1.807) is 11.3 Å². The Morgan fingerprint density at radius 2 is 1.95 bits per heavy atom. The van der Waals surface area contributed by atoms with Gasteiger partial charge in [-0.3, -0.25) is 0 Å². The number of rotatable bonds is 8. The number of aryl methyl sites for hydroxylation is 1. The smallest absolute Gasteiger partial charge is 0.119 e. The first-order valence-electron chi connectivity index (χ1n) is 7.47. The Morgan fingerprint density at radius 1 is 1.19 bits per heavy atom. The number of hydrogen-bond donors (Lipinski definition) is 1. The van der Waals surface area contributed by atoms with Crippen molar-refractivity contribution in [2.75, 3.05) is 6.61 Å². The first kappa shape index (κ1) is 16.0. The minimum absolute atomic E-state index is 0.683. The van der Waals surface area contributed by atoms with Crippen LogP contribution < -0.4 is 10.1 Å². The molecule has 2 aromatic rings. The third kappa shape index (κ3) is 5.86. The third-order valence-corrected chi connectivity index (χ3v) is 4.07. The second kappa shape index (κ2) is 8.15. The van der Waals surface area contributed by atoms with Crippen LogP contribution in [0.3, 0.4) is 0 Å². The number of nitrogens with one attached hydrogen (secondary N) is 1. The van der Waals surface area contributed by atoms with E-state index in [9.17, 15) is 0 Å². The highest BCUT2D eigenvalue weighted by Gasteiger charge is 2.00. The van der Waals surface area contributed by atoms with E-state index in [-0.39, 0.29) is 0 Å². The van der Waals surface area contributed by atoms with Gasteiger partial charge in [-0.15, -0.1) is 11.3 Å². The van der Waals surface area contributed by atoms with Crippen molar-refractivity contribution in [3.05, 3.63) is 45.9 Å². The lowest BCUT2D eigenvalue weighted by atomic mass is 10.1. The molecule has 1 aromatic heterocycles. The normalized spacial score (nSPS) is 11.0. The SMILES string of the molecule is Cc1cnc(CNCc2ccc(OCCC(C)C)cc2)s1. The highest BCUT2D eigenvalue weighted by atomic mass is 32.1. The highest BCUT2D eigenvalue weighted by Crippen LogP contribution is 2.14. The fourth-order valence-electron chi connectivity index (χ4n) is 1.91. The molecule has 1 aromatic carbocycles. The molecule has 0 atom stereocenters. The van der Waals surface area contributed by atoms with E-state index in [4.69, 9.17) is 4.74 Å². The van der Waals surface area contributed by atoms with E-state index in [1.807, 2.05) is 18.3 Å².